The van der Waals surface area contributed by atoms with Gasteiger partial charge < -0.3 is 5.11 Å². The number of rotatable bonds is 5. The minimum atomic E-state index is -4.80. The van der Waals surface area contributed by atoms with Gasteiger partial charge in [0, 0.05) is 18.1 Å². The largest absolute Gasteiger partial charge is 0.419 e. The van der Waals surface area contributed by atoms with Crippen LogP contribution in [-0.4, -0.2) is 24.6 Å². The van der Waals surface area contributed by atoms with Crippen LogP contribution in [0.2, 0.25) is 5.02 Å². The van der Waals surface area contributed by atoms with Gasteiger partial charge in [0.1, 0.15) is 16.4 Å². The van der Waals surface area contributed by atoms with Crippen molar-refractivity contribution >= 4 is 11.6 Å². The number of hydrogen-bond donors (Lipinski definition) is 1. The first-order valence-corrected chi connectivity index (χ1v) is 12.9. The van der Waals surface area contributed by atoms with E-state index in [4.69, 9.17) is 11.6 Å². The van der Waals surface area contributed by atoms with E-state index in [2.05, 4.69) is 15.0 Å². The highest BCUT2D eigenvalue weighted by Crippen LogP contribution is 2.56. The molecule has 11 heteroatoms. The lowest BCUT2D eigenvalue weighted by atomic mass is 10.0. The Morgan fingerprint density at radius 1 is 1.02 bits per heavy atom. The summed E-state index contributed by atoms with van der Waals surface area (Å²) in [4.78, 5) is 26.5. The molecule has 0 bridgehead atoms. The number of aromatic nitrogens is 4. The maximum atomic E-state index is 13.8. The molecule has 40 heavy (non-hydrogen) atoms. The van der Waals surface area contributed by atoms with Gasteiger partial charge in [0.25, 0.3) is 5.56 Å². The van der Waals surface area contributed by atoms with Gasteiger partial charge in [0.2, 0.25) is 0 Å². The third-order valence-corrected chi connectivity index (χ3v) is 7.44. The van der Waals surface area contributed by atoms with Crippen LogP contribution in [0.15, 0.2) is 53.6 Å². The van der Waals surface area contributed by atoms with E-state index >= 15 is 0 Å². The van der Waals surface area contributed by atoms with Gasteiger partial charge in [0.05, 0.1) is 22.6 Å². The van der Waals surface area contributed by atoms with Crippen LogP contribution in [-0.2, 0) is 11.8 Å². The Labute approximate surface area is 232 Å². The Balaban J connectivity index is 1.51. The van der Waals surface area contributed by atoms with Crippen LogP contribution in [0.25, 0.3) is 17.1 Å². The molecule has 208 valence electrons. The lowest BCUT2D eigenvalue weighted by molar-refractivity contribution is -0.140. The van der Waals surface area contributed by atoms with E-state index in [1.807, 2.05) is 0 Å². The smallest absolute Gasteiger partial charge is 0.382 e. The molecule has 1 aliphatic carbocycles. The van der Waals surface area contributed by atoms with E-state index in [0.29, 0.717) is 45.9 Å². The van der Waals surface area contributed by atoms with Gasteiger partial charge in [-0.25, -0.2) is 14.4 Å². The second kappa shape index (κ2) is 9.78. The average molecular weight is 573 g/mol. The minimum absolute atomic E-state index is 0.0274. The number of aliphatic hydroxyl groups is 1. The summed E-state index contributed by atoms with van der Waals surface area (Å²) in [5, 5.41) is 10.3. The molecule has 6 nitrogen and oxygen atoms in total. The summed E-state index contributed by atoms with van der Waals surface area (Å²) < 4.78 is 54.9. The highest BCUT2D eigenvalue weighted by molar-refractivity contribution is 6.31. The van der Waals surface area contributed by atoms with Crippen LogP contribution in [0.4, 0.5) is 17.6 Å². The minimum Gasteiger partial charge on any atom is -0.382 e. The van der Waals surface area contributed by atoms with Gasteiger partial charge in [0.15, 0.2) is 5.82 Å². The normalized spacial score (nSPS) is 17.2. The molecule has 1 aromatic carbocycles. The predicted molar refractivity (Wildman–Crippen MR) is 142 cm³/mol. The fourth-order valence-electron chi connectivity index (χ4n) is 4.89. The molecule has 5 rings (SSSR count). The van der Waals surface area contributed by atoms with E-state index in [-0.39, 0.29) is 22.7 Å². The van der Waals surface area contributed by atoms with E-state index in [1.165, 1.54) is 16.8 Å². The molecule has 0 spiro atoms. The zero-order chi connectivity index (χ0) is 29.1. The summed E-state index contributed by atoms with van der Waals surface area (Å²) in [7, 11) is 0. The van der Waals surface area contributed by atoms with Crippen LogP contribution in [0, 0.1) is 19.7 Å². The second-order valence-corrected chi connectivity index (χ2v) is 10.9. The molecule has 0 aliphatic heterocycles. The lowest BCUT2D eigenvalue weighted by Gasteiger charge is -2.18. The van der Waals surface area contributed by atoms with E-state index in [0.717, 1.165) is 12.1 Å². The predicted octanol–water partition coefficient (Wildman–Crippen LogP) is 6.62. The quantitative estimate of drug-likeness (QED) is 0.272. The third-order valence-electron chi connectivity index (χ3n) is 7.06. The number of alkyl halides is 3. The van der Waals surface area contributed by atoms with Crippen molar-refractivity contribution in [3.63, 3.8) is 0 Å². The summed E-state index contributed by atoms with van der Waals surface area (Å²) in [6.07, 6.45) is -1.19. The molecule has 0 radical (unpaired) electrons. The van der Waals surface area contributed by atoms with Crippen LogP contribution >= 0.6 is 11.6 Å². The van der Waals surface area contributed by atoms with Gasteiger partial charge >= 0.3 is 6.18 Å². The summed E-state index contributed by atoms with van der Waals surface area (Å²) in [6.45, 7) is 6.69. The van der Waals surface area contributed by atoms with Gasteiger partial charge in [-0.15, -0.1) is 0 Å². The van der Waals surface area contributed by atoms with Crippen LogP contribution in [0.1, 0.15) is 65.9 Å². The second-order valence-electron chi connectivity index (χ2n) is 10.6. The molecular weight excluding hydrogens is 548 g/mol. The average Bonchev–Trinajstić information content (AvgIpc) is 3.67. The van der Waals surface area contributed by atoms with Crippen molar-refractivity contribution in [1.29, 1.82) is 0 Å². The first-order valence-electron chi connectivity index (χ1n) is 12.5. The summed E-state index contributed by atoms with van der Waals surface area (Å²) in [5.74, 6) is -1.69. The zero-order valence-corrected chi connectivity index (χ0v) is 22.8. The Bertz CT molecular complexity index is 1700. The fourth-order valence-corrected chi connectivity index (χ4v) is 5.17. The van der Waals surface area contributed by atoms with E-state index in [1.54, 1.807) is 52.1 Å². The number of benzene rings is 1. The summed E-state index contributed by atoms with van der Waals surface area (Å²) >= 11 is 6.58. The molecule has 0 saturated heterocycles. The molecule has 1 fully saturated rings. The maximum absolute atomic E-state index is 13.8. The monoisotopic (exact) mass is 572 g/mol. The standard InChI is InChI=1S/C29H25ClF4N4O2/c1-14-13-36-23(22-7-8-35-27(37-22)28(3,4)40)12-24(14)38-15(2)9-19(25(30)26(38)39)18-11-17(18)16-5-6-21(31)20(10-16)29(32,33)34/h5-10,12-13,17-18,40H,11H2,1-4H3/t17-,18+/m1/s1. The Hall–Kier alpha value is -3.63. The molecule has 4 aromatic rings. The summed E-state index contributed by atoms with van der Waals surface area (Å²) in [5.41, 5.74) is 0.568. The maximum Gasteiger partial charge on any atom is 0.419 e. The van der Waals surface area contributed by atoms with E-state index < -0.39 is 28.7 Å². The Morgan fingerprint density at radius 2 is 1.75 bits per heavy atom. The number of aryl methyl sites for hydroxylation is 2. The molecule has 1 aliphatic rings. The fraction of sp³-hybridized carbons (Fsp3) is 0.310. The van der Waals surface area contributed by atoms with Gasteiger partial charge in [-0.1, -0.05) is 17.7 Å². The van der Waals surface area contributed by atoms with Crippen LogP contribution < -0.4 is 5.56 Å². The first-order chi connectivity index (χ1) is 18.7. The Morgan fingerprint density at radius 3 is 2.42 bits per heavy atom. The van der Waals surface area contributed by atoms with Gasteiger partial charge in [-0.05, 0) is 93.0 Å². The molecule has 0 unspecified atom stereocenters. The number of nitrogens with zero attached hydrogens (tertiary/aromatic N) is 4. The van der Waals surface area contributed by atoms with Crippen LogP contribution in [0.5, 0.6) is 0 Å². The topological polar surface area (TPSA) is 80.9 Å². The third kappa shape index (κ3) is 5.13. The van der Waals surface area contributed by atoms with Crippen molar-refractivity contribution in [2.24, 2.45) is 0 Å². The molecule has 2 atom stereocenters. The molecule has 3 aromatic heterocycles. The van der Waals surface area contributed by atoms with Gasteiger partial charge in [-0.2, -0.15) is 13.2 Å². The number of pyridine rings is 2. The SMILES string of the molecule is Cc1cnc(-c2ccnc(C(C)(C)O)n2)cc1-n1c(C)cc([C@H]2C[C@@H]2c2ccc(F)c(C(F)(F)F)c2)c(Cl)c1=O. The highest BCUT2D eigenvalue weighted by atomic mass is 35.5. The van der Waals surface area contributed by atoms with Crippen molar-refractivity contribution in [2.45, 2.75) is 57.7 Å². The van der Waals surface area contributed by atoms with Crippen molar-refractivity contribution < 1.29 is 22.7 Å². The van der Waals surface area contributed by atoms with E-state index in [9.17, 15) is 27.5 Å². The Kier molecular flexibility index (Phi) is 6.82. The van der Waals surface area contributed by atoms with Crippen molar-refractivity contribution in [1.82, 2.24) is 19.5 Å². The first kappa shape index (κ1) is 27.9. The summed E-state index contributed by atoms with van der Waals surface area (Å²) in [6, 6.07) is 8.11. The molecular formula is C29H25ClF4N4O2. The lowest BCUT2D eigenvalue weighted by Crippen LogP contribution is -2.23. The number of halogens is 5. The molecule has 3 heterocycles. The molecule has 1 saturated carbocycles. The zero-order valence-electron chi connectivity index (χ0n) is 22.0. The van der Waals surface area contributed by atoms with Crippen molar-refractivity contribution in [3.05, 3.63) is 104 Å². The highest BCUT2D eigenvalue weighted by Gasteiger charge is 2.43. The molecule has 0 amide bonds. The van der Waals surface area contributed by atoms with Crippen molar-refractivity contribution in [2.75, 3.05) is 0 Å². The van der Waals surface area contributed by atoms with Gasteiger partial charge in [-0.3, -0.25) is 14.3 Å². The number of hydrogen-bond acceptors (Lipinski definition) is 5. The van der Waals surface area contributed by atoms with Crippen LogP contribution in [0.3, 0.4) is 0 Å². The molecule has 1 N–H and O–H groups in total. The van der Waals surface area contributed by atoms with Crippen molar-refractivity contribution in [3.8, 4) is 17.1 Å².